The first kappa shape index (κ1) is 10.8. The predicted octanol–water partition coefficient (Wildman–Crippen LogP) is -2.99. The Morgan fingerprint density at radius 3 is 2.31 bits per heavy atom. The van der Waals surface area contributed by atoms with E-state index in [1.54, 1.807) is 0 Å². The number of ether oxygens (including phenoxy) is 1. The van der Waals surface area contributed by atoms with Crippen LogP contribution in [0.1, 0.15) is 0 Å². The van der Waals surface area contributed by atoms with E-state index in [9.17, 15) is 15.3 Å². The number of likely N-dealkylation sites (N-methyl/N-ethyl adjacent to an activating group) is 1. The van der Waals surface area contributed by atoms with Gasteiger partial charge in [0.25, 0.3) is 0 Å². The van der Waals surface area contributed by atoms with Gasteiger partial charge in [-0.1, -0.05) is 0 Å². The first-order chi connectivity index (χ1) is 6.11. The fourth-order valence-corrected chi connectivity index (χ4v) is 1.41. The first-order valence-corrected chi connectivity index (χ1v) is 4.09. The maximum atomic E-state index is 9.45. The highest BCUT2D eigenvalue weighted by Crippen LogP contribution is 2.18. The summed E-state index contributed by atoms with van der Waals surface area (Å²) in [5.41, 5.74) is 0. The van der Waals surface area contributed by atoms with Gasteiger partial charge < -0.3 is 30.5 Å². The lowest BCUT2D eigenvalue weighted by Gasteiger charge is -2.39. The van der Waals surface area contributed by atoms with Crippen LogP contribution in [0.25, 0.3) is 0 Å². The lowest BCUT2D eigenvalue weighted by Crippen LogP contribution is -2.62. The molecule has 5 N–H and O–H groups in total. The Hall–Kier alpha value is -0.240. The van der Waals surface area contributed by atoms with Crippen LogP contribution in [0, 0.1) is 0 Å². The third kappa shape index (κ3) is 1.98. The maximum absolute atomic E-state index is 9.45. The van der Waals surface area contributed by atoms with E-state index < -0.39 is 37.3 Å². The molecule has 1 fully saturated rings. The van der Waals surface area contributed by atoms with Gasteiger partial charge in [0.05, 0.1) is 12.6 Å². The van der Waals surface area contributed by atoms with Gasteiger partial charge in [0, 0.05) is 0 Å². The summed E-state index contributed by atoms with van der Waals surface area (Å²) in [6.07, 6.45) is -4.49. The minimum atomic E-state index is -1.22. The molecule has 5 atom stereocenters. The van der Waals surface area contributed by atoms with Crippen LogP contribution in [0.2, 0.25) is 0 Å². The monoisotopic (exact) mass is 193 g/mol. The summed E-state index contributed by atoms with van der Waals surface area (Å²) in [7, 11) is 1.53. The van der Waals surface area contributed by atoms with E-state index in [1.165, 1.54) is 7.05 Å². The van der Waals surface area contributed by atoms with Gasteiger partial charge in [-0.15, -0.1) is 0 Å². The largest absolute Gasteiger partial charge is 0.394 e. The molecule has 1 heterocycles. The molecule has 0 aromatic heterocycles. The molecule has 1 saturated heterocycles. The van der Waals surface area contributed by atoms with Gasteiger partial charge >= 0.3 is 0 Å². The molecule has 0 aromatic carbocycles. The second-order valence-electron chi connectivity index (χ2n) is 3.04. The zero-order valence-electron chi connectivity index (χ0n) is 7.29. The Morgan fingerprint density at radius 1 is 1.23 bits per heavy atom. The molecule has 0 amide bonds. The average Bonchev–Trinajstić information content (AvgIpc) is 2.12. The van der Waals surface area contributed by atoms with Crippen molar-refractivity contribution < 1.29 is 25.2 Å². The van der Waals surface area contributed by atoms with Crippen LogP contribution in [0.3, 0.4) is 0 Å². The number of nitrogens with one attached hydrogen (secondary N) is 1. The molecule has 1 aliphatic heterocycles. The van der Waals surface area contributed by atoms with Gasteiger partial charge in [-0.3, -0.25) is 0 Å². The molecule has 6 heteroatoms. The minimum absolute atomic E-state index is 0.439. The van der Waals surface area contributed by atoms with E-state index >= 15 is 0 Å². The SMILES string of the molecule is CN[C@H]1[C@H](O)[C@@H](O)[C@H](CO)O[C@@H]1O. The molecular weight excluding hydrogens is 178 g/mol. The third-order valence-electron chi connectivity index (χ3n) is 2.23. The lowest BCUT2D eigenvalue weighted by molar-refractivity contribution is -0.253. The van der Waals surface area contributed by atoms with Crippen molar-refractivity contribution in [1.82, 2.24) is 5.32 Å². The highest BCUT2D eigenvalue weighted by atomic mass is 16.6. The highest BCUT2D eigenvalue weighted by molar-refractivity contribution is 4.91. The number of rotatable bonds is 2. The molecule has 0 saturated carbocycles. The molecule has 0 spiro atoms. The van der Waals surface area contributed by atoms with Gasteiger partial charge in [0.1, 0.15) is 18.3 Å². The molecule has 0 radical (unpaired) electrons. The van der Waals surface area contributed by atoms with Crippen LogP contribution in [0.15, 0.2) is 0 Å². The van der Waals surface area contributed by atoms with Gasteiger partial charge in [-0.05, 0) is 7.05 Å². The zero-order chi connectivity index (χ0) is 10.0. The van der Waals surface area contributed by atoms with Crippen molar-refractivity contribution in [3.8, 4) is 0 Å². The standard InChI is InChI=1S/C7H15NO5/c1-8-4-6(11)5(10)3(2-9)13-7(4)12/h3-12H,2H2,1H3/t3-,4-,5-,6-,7-/m0/s1. The van der Waals surface area contributed by atoms with Gasteiger partial charge in [0.15, 0.2) is 6.29 Å². The third-order valence-corrected chi connectivity index (χ3v) is 2.23. The topological polar surface area (TPSA) is 102 Å². The van der Waals surface area contributed by atoms with E-state index in [0.29, 0.717) is 0 Å². The summed E-state index contributed by atoms with van der Waals surface area (Å²) in [5, 5.41) is 39.4. The lowest BCUT2D eigenvalue weighted by atomic mass is 9.97. The maximum Gasteiger partial charge on any atom is 0.173 e. The van der Waals surface area contributed by atoms with Crippen molar-refractivity contribution in [2.45, 2.75) is 30.6 Å². The molecule has 0 aromatic rings. The summed E-state index contributed by atoms with van der Waals surface area (Å²) < 4.78 is 4.85. The highest BCUT2D eigenvalue weighted by Gasteiger charge is 2.42. The number of aliphatic hydroxyl groups excluding tert-OH is 4. The van der Waals surface area contributed by atoms with E-state index in [2.05, 4.69) is 5.32 Å². The molecule has 0 unspecified atom stereocenters. The van der Waals surface area contributed by atoms with Crippen molar-refractivity contribution in [2.24, 2.45) is 0 Å². The molecule has 1 rings (SSSR count). The Morgan fingerprint density at radius 2 is 1.85 bits per heavy atom. The predicted molar refractivity (Wildman–Crippen MR) is 42.8 cm³/mol. The van der Waals surface area contributed by atoms with Crippen LogP contribution in [-0.4, -0.2) is 64.7 Å². The Kier molecular flexibility index (Phi) is 3.60. The summed E-state index contributed by atoms with van der Waals surface area (Å²) in [4.78, 5) is 0. The van der Waals surface area contributed by atoms with Crippen molar-refractivity contribution in [3.05, 3.63) is 0 Å². The van der Waals surface area contributed by atoms with Crippen molar-refractivity contribution in [3.63, 3.8) is 0 Å². The van der Waals surface area contributed by atoms with Crippen LogP contribution >= 0.6 is 0 Å². The summed E-state index contributed by atoms with van der Waals surface area (Å²) in [5.74, 6) is 0. The van der Waals surface area contributed by atoms with Gasteiger partial charge in [-0.2, -0.15) is 0 Å². The van der Waals surface area contributed by atoms with Crippen molar-refractivity contribution >= 4 is 0 Å². The molecule has 0 bridgehead atoms. The Bertz CT molecular complexity index is 167. The van der Waals surface area contributed by atoms with Crippen LogP contribution < -0.4 is 5.32 Å². The van der Waals surface area contributed by atoms with Crippen LogP contribution in [-0.2, 0) is 4.74 Å². The van der Waals surface area contributed by atoms with Crippen molar-refractivity contribution in [1.29, 1.82) is 0 Å². The fraction of sp³-hybridized carbons (Fsp3) is 1.00. The van der Waals surface area contributed by atoms with Gasteiger partial charge in [0.2, 0.25) is 0 Å². The Labute approximate surface area is 75.8 Å². The fourth-order valence-electron chi connectivity index (χ4n) is 1.41. The smallest absolute Gasteiger partial charge is 0.173 e. The minimum Gasteiger partial charge on any atom is -0.394 e. The van der Waals surface area contributed by atoms with E-state index in [4.69, 9.17) is 9.84 Å². The molecule has 0 aliphatic carbocycles. The van der Waals surface area contributed by atoms with E-state index in [1.807, 2.05) is 0 Å². The van der Waals surface area contributed by atoms with E-state index in [-0.39, 0.29) is 0 Å². The summed E-state index contributed by atoms with van der Waals surface area (Å²) in [6, 6.07) is -0.738. The Balaban J connectivity index is 2.66. The van der Waals surface area contributed by atoms with Crippen LogP contribution in [0.4, 0.5) is 0 Å². The van der Waals surface area contributed by atoms with Crippen molar-refractivity contribution in [2.75, 3.05) is 13.7 Å². The number of hydrogen-bond acceptors (Lipinski definition) is 6. The quantitative estimate of drug-likeness (QED) is 0.320. The summed E-state index contributed by atoms with van der Waals surface area (Å²) >= 11 is 0. The normalized spacial score (nSPS) is 46.4. The van der Waals surface area contributed by atoms with E-state index in [0.717, 1.165) is 0 Å². The van der Waals surface area contributed by atoms with Gasteiger partial charge in [-0.25, -0.2) is 0 Å². The molecule has 78 valence electrons. The second-order valence-corrected chi connectivity index (χ2v) is 3.04. The van der Waals surface area contributed by atoms with Crippen LogP contribution in [0.5, 0.6) is 0 Å². The first-order valence-electron chi connectivity index (χ1n) is 4.09. The molecule has 6 nitrogen and oxygen atoms in total. The second kappa shape index (κ2) is 4.32. The summed E-state index contributed by atoms with van der Waals surface area (Å²) in [6.45, 7) is -0.439. The zero-order valence-corrected chi connectivity index (χ0v) is 7.29. The molecular formula is C7H15NO5. The molecule has 13 heavy (non-hydrogen) atoms. The molecule has 1 aliphatic rings. The average molecular weight is 193 g/mol. The number of aliphatic hydroxyl groups is 4. The number of hydrogen-bond donors (Lipinski definition) is 5.